The lowest BCUT2D eigenvalue weighted by Gasteiger charge is -2.05. The Morgan fingerprint density at radius 2 is 1.93 bits per heavy atom. The summed E-state index contributed by atoms with van der Waals surface area (Å²) in [5.74, 6) is -0.0771. The molecule has 4 aromatic rings. The van der Waals surface area contributed by atoms with Gasteiger partial charge in [0, 0.05) is 34.2 Å². The van der Waals surface area contributed by atoms with Crippen molar-refractivity contribution in [1.82, 2.24) is 9.97 Å². The second kappa shape index (κ2) is 8.28. The zero-order valence-electron chi connectivity index (χ0n) is 15.4. The maximum absolute atomic E-state index is 12.0. The number of oxazole rings is 1. The number of halogens is 1. The van der Waals surface area contributed by atoms with E-state index in [9.17, 15) is 9.90 Å². The van der Waals surface area contributed by atoms with Crippen LogP contribution in [-0.2, 0) is 17.6 Å². The Morgan fingerprint density at radius 1 is 1.14 bits per heavy atom. The van der Waals surface area contributed by atoms with Crippen molar-refractivity contribution >= 4 is 40.1 Å². The average molecular weight is 411 g/mol. The Labute approximate surface area is 171 Å². The number of para-hydroxylation sites is 1. The molecule has 0 atom stereocenters. The molecule has 29 heavy (non-hydrogen) atoms. The molecule has 0 spiro atoms. The van der Waals surface area contributed by atoms with Crippen molar-refractivity contribution in [1.29, 1.82) is 0 Å². The van der Waals surface area contributed by atoms with Gasteiger partial charge in [-0.2, -0.15) is 4.98 Å². The molecule has 4 rings (SSSR count). The number of hydrogen-bond acceptors (Lipinski definition) is 5. The number of H-pyrrole nitrogens is 1. The Balaban J connectivity index is 1.33. The van der Waals surface area contributed by atoms with Crippen LogP contribution in [0.3, 0.4) is 0 Å². The van der Waals surface area contributed by atoms with E-state index in [0.717, 1.165) is 16.5 Å². The Hall–Kier alpha value is -3.45. The minimum atomic E-state index is -0.273. The number of amides is 1. The highest BCUT2D eigenvalue weighted by molar-refractivity contribution is 6.30. The van der Waals surface area contributed by atoms with E-state index in [0.29, 0.717) is 29.3 Å². The number of aromatic hydroxyl groups is 1. The van der Waals surface area contributed by atoms with E-state index in [4.69, 9.17) is 16.0 Å². The molecule has 8 heteroatoms. The highest BCUT2D eigenvalue weighted by atomic mass is 35.5. The summed E-state index contributed by atoms with van der Waals surface area (Å²) in [6.45, 7) is -0.0511. The first kappa shape index (κ1) is 18.9. The maximum Gasteiger partial charge on any atom is 0.298 e. The Morgan fingerprint density at radius 3 is 2.76 bits per heavy atom. The lowest BCUT2D eigenvalue weighted by Crippen LogP contribution is -2.21. The minimum Gasteiger partial charge on any atom is -0.491 e. The van der Waals surface area contributed by atoms with Gasteiger partial charge in [-0.1, -0.05) is 29.8 Å². The van der Waals surface area contributed by atoms with Gasteiger partial charge in [-0.05, 0) is 42.3 Å². The molecule has 0 saturated heterocycles. The van der Waals surface area contributed by atoms with Crippen LogP contribution in [0.5, 0.6) is 5.88 Å². The van der Waals surface area contributed by atoms with E-state index in [1.807, 2.05) is 30.5 Å². The fourth-order valence-electron chi connectivity index (χ4n) is 3.06. The van der Waals surface area contributed by atoms with E-state index in [2.05, 4.69) is 20.6 Å². The van der Waals surface area contributed by atoms with Gasteiger partial charge >= 0.3 is 0 Å². The molecule has 2 aromatic heterocycles. The third-order valence-corrected chi connectivity index (χ3v) is 4.75. The maximum atomic E-state index is 12.0. The highest BCUT2D eigenvalue weighted by Crippen LogP contribution is 2.25. The van der Waals surface area contributed by atoms with Gasteiger partial charge in [0.05, 0.1) is 6.54 Å². The van der Waals surface area contributed by atoms with Gasteiger partial charge in [0.1, 0.15) is 0 Å². The monoisotopic (exact) mass is 410 g/mol. The Kier molecular flexibility index (Phi) is 5.39. The van der Waals surface area contributed by atoms with Gasteiger partial charge in [-0.15, -0.1) is 0 Å². The van der Waals surface area contributed by atoms with Gasteiger partial charge < -0.3 is 25.1 Å². The standard InChI is InChI=1S/C21H19ClN4O3/c22-14-6-8-15(9-7-14)25-19(27)12-24-21-26-20(28)18(29-21)10-5-13-11-23-17-4-2-1-3-16(13)17/h1-4,6-9,11,23,28H,5,10,12H2,(H,24,26)(H,25,27). The van der Waals surface area contributed by atoms with Gasteiger partial charge in [0.25, 0.3) is 11.9 Å². The number of nitrogens with zero attached hydrogens (tertiary/aromatic N) is 1. The summed E-state index contributed by atoms with van der Waals surface area (Å²) >= 11 is 5.82. The van der Waals surface area contributed by atoms with Crippen molar-refractivity contribution in [3.8, 4) is 5.88 Å². The molecule has 2 heterocycles. The van der Waals surface area contributed by atoms with Gasteiger partial charge in [-0.3, -0.25) is 4.79 Å². The minimum absolute atomic E-state index is 0.0511. The largest absolute Gasteiger partial charge is 0.491 e. The van der Waals surface area contributed by atoms with E-state index in [1.54, 1.807) is 24.3 Å². The van der Waals surface area contributed by atoms with E-state index >= 15 is 0 Å². The van der Waals surface area contributed by atoms with Crippen LogP contribution >= 0.6 is 11.6 Å². The number of carbonyl (C=O) groups is 1. The SMILES string of the molecule is O=C(CNc1nc(O)c(CCc2c[nH]c3ccccc23)o1)Nc1ccc(Cl)cc1. The first-order valence-corrected chi connectivity index (χ1v) is 9.49. The van der Waals surface area contributed by atoms with Crippen LogP contribution in [0.15, 0.2) is 59.1 Å². The molecule has 7 nitrogen and oxygen atoms in total. The van der Waals surface area contributed by atoms with Crippen LogP contribution in [0.25, 0.3) is 10.9 Å². The first-order chi connectivity index (χ1) is 14.1. The quantitative estimate of drug-likeness (QED) is 0.362. The number of aromatic nitrogens is 2. The zero-order chi connectivity index (χ0) is 20.2. The first-order valence-electron chi connectivity index (χ1n) is 9.11. The number of aryl methyl sites for hydroxylation is 2. The summed E-state index contributed by atoms with van der Waals surface area (Å²) in [6.07, 6.45) is 3.13. The van der Waals surface area contributed by atoms with E-state index in [-0.39, 0.29) is 24.3 Å². The molecule has 0 bridgehead atoms. The predicted molar refractivity (Wildman–Crippen MR) is 112 cm³/mol. The van der Waals surface area contributed by atoms with Gasteiger partial charge in [0.2, 0.25) is 5.91 Å². The fourth-order valence-corrected chi connectivity index (χ4v) is 3.19. The summed E-state index contributed by atoms with van der Waals surface area (Å²) in [5, 5.41) is 17.3. The number of hydrogen-bond donors (Lipinski definition) is 4. The van der Waals surface area contributed by atoms with Crippen molar-refractivity contribution in [2.45, 2.75) is 12.8 Å². The smallest absolute Gasteiger partial charge is 0.298 e. The molecule has 0 unspecified atom stereocenters. The van der Waals surface area contributed by atoms with Crippen molar-refractivity contribution in [2.24, 2.45) is 0 Å². The highest BCUT2D eigenvalue weighted by Gasteiger charge is 2.14. The third-order valence-electron chi connectivity index (χ3n) is 4.50. The van der Waals surface area contributed by atoms with Crippen LogP contribution in [0.2, 0.25) is 5.02 Å². The van der Waals surface area contributed by atoms with E-state index < -0.39 is 0 Å². The molecule has 0 fully saturated rings. The van der Waals surface area contributed by atoms with Crippen LogP contribution in [0.1, 0.15) is 11.3 Å². The summed E-state index contributed by atoms with van der Waals surface area (Å²) < 4.78 is 5.56. The summed E-state index contributed by atoms with van der Waals surface area (Å²) in [5.41, 5.74) is 2.84. The molecule has 0 radical (unpaired) electrons. The molecule has 0 aliphatic carbocycles. The van der Waals surface area contributed by atoms with Crippen LogP contribution in [-0.4, -0.2) is 27.5 Å². The molecule has 2 aromatic carbocycles. The molecule has 1 amide bonds. The molecular weight excluding hydrogens is 392 g/mol. The number of fused-ring (bicyclic) bond motifs is 1. The summed E-state index contributed by atoms with van der Waals surface area (Å²) in [4.78, 5) is 19.2. The van der Waals surface area contributed by atoms with Crippen molar-refractivity contribution in [3.63, 3.8) is 0 Å². The summed E-state index contributed by atoms with van der Waals surface area (Å²) in [6, 6.07) is 14.9. The lowest BCUT2D eigenvalue weighted by molar-refractivity contribution is -0.114. The predicted octanol–water partition coefficient (Wildman–Crippen LogP) is 4.35. The van der Waals surface area contributed by atoms with Gasteiger partial charge in [0.15, 0.2) is 5.76 Å². The fraction of sp³-hybridized carbons (Fsp3) is 0.143. The number of nitrogens with one attached hydrogen (secondary N) is 3. The van der Waals surface area contributed by atoms with Crippen LogP contribution in [0.4, 0.5) is 11.7 Å². The molecule has 0 aliphatic rings. The number of benzene rings is 2. The zero-order valence-corrected chi connectivity index (χ0v) is 16.2. The molecular formula is C21H19ClN4O3. The number of anilines is 2. The lowest BCUT2D eigenvalue weighted by atomic mass is 10.1. The average Bonchev–Trinajstić information content (AvgIpc) is 3.29. The van der Waals surface area contributed by atoms with Crippen molar-refractivity contribution in [3.05, 3.63) is 71.1 Å². The number of aromatic amines is 1. The molecule has 148 valence electrons. The molecule has 4 N–H and O–H groups in total. The molecule has 0 saturated carbocycles. The number of carbonyl (C=O) groups excluding carboxylic acids is 1. The second-order valence-corrected chi connectivity index (χ2v) is 6.97. The third kappa shape index (κ3) is 4.52. The number of rotatable bonds is 7. The second-order valence-electron chi connectivity index (χ2n) is 6.53. The van der Waals surface area contributed by atoms with Crippen molar-refractivity contribution < 1.29 is 14.3 Å². The van der Waals surface area contributed by atoms with Crippen molar-refractivity contribution in [2.75, 3.05) is 17.2 Å². The topological polar surface area (TPSA) is 103 Å². The van der Waals surface area contributed by atoms with Crippen LogP contribution in [0, 0.1) is 0 Å². The molecule has 0 aliphatic heterocycles. The van der Waals surface area contributed by atoms with E-state index in [1.165, 1.54) is 0 Å². The van der Waals surface area contributed by atoms with Crippen LogP contribution < -0.4 is 10.6 Å². The summed E-state index contributed by atoms with van der Waals surface area (Å²) in [7, 11) is 0. The Bertz CT molecular complexity index is 1130. The normalized spacial score (nSPS) is 10.9. The van der Waals surface area contributed by atoms with Gasteiger partial charge in [-0.25, -0.2) is 0 Å².